The van der Waals surface area contributed by atoms with Crippen LogP contribution in [0.15, 0.2) is 59.5 Å². The van der Waals surface area contributed by atoms with Crippen LogP contribution in [-0.4, -0.2) is 28.0 Å². The van der Waals surface area contributed by atoms with Gasteiger partial charge >= 0.3 is 0 Å². The van der Waals surface area contributed by atoms with Gasteiger partial charge in [0, 0.05) is 0 Å². The molecule has 0 radical (unpaired) electrons. The monoisotopic (exact) mass is 379 g/mol. The van der Waals surface area contributed by atoms with Crippen molar-refractivity contribution in [3.05, 3.63) is 65.7 Å². The Morgan fingerprint density at radius 3 is 2.28 bits per heavy atom. The van der Waals surface area contributed by atoms with Gasteiger partial charge in [0.15, 0.2) is 0 Å². The maximum atomic E-state index is 13.1. The normalized spacial score (nSPS) is 23.6. The maximum absolute atomic E-state index is 13.1. The minimum absolute atomic E-state index is 0.116. The van der Waals surface area contributed by atoms with Crippen LogP contribution in [0.1, 0.15) is 25.0 Å². The molecular weight excluding hydrogens is 358 g/mol. The van der Waals surface area contributed by atoms with Crippen molar-refractivity contribution < 1.29 is 16.8 Å². The summed E-state index contributed by atoms with van der Waals surface area (Å²) in [6, 6.07) is 15.5. The maximum Gasteiger partial charge on any atom is 0.256 e. The predicted molar refractivity (Wildman–Crippen MR) is 97.4 cm³/mol. The third-order valence-corrected chi connectivity index (χ3v) is 7.99. The van der Waals surface area contributed by atoms with Crippen molar-refractivity contribution in [3.63, 3.8) is 0 Å². The molecule has 1 aliphatic rings. The number of aryl methyl sites for hydroxylation is 1. The summed E-state index contributed by atoms with van der Waals surface area (Å²) in [6.07, 6.45) is 0.421. The molecule has 0 aromatic heterocycles. The van der Waals surface area contributed by atoms with E-state index in [0.717, 1.165) is 14.8 Å². The van der Waals surface area contributed by atoms with Crippen molar-refractivity contribution in [1.82, 2.24) is 3.71 Å². The second kappa shape index (κ2) is 6.64. The molecule has 7 heteroatoms. The van der Waals surface area contributed by atoms with Crippen molar-refractivity contribution in [2.45, 2.75) is 43.7 Å². The predicted octanol–water partition coefficient (Wildman–Crippen LogP) is 2.98. The Hall–Kier alpha value is -1.54. The van der Waals surface area contributed by atoms with E-state index >= 15 is 0 Å². The zero-order valence-electron chi connectivity index (χ0n) is 14.4. The number of nitrogens with zero attached hydrogens (tertiary/aromatic N) is 1. The van der Waals surface area contributed by atoms with Gasteiger partial charge in [-0.2, -0.15) is 0 Å². The van der Waals surface area contributed by atoms with Crippen LogP contribution in [0.25, 0.3) is 0 Å². The fourth-order valence-corrected chi connectivity index (χ4v) is 6.28. The molecule has 2 aromatic rings. The molecule has 1 fully saturated rings. The molecule has 134 valence electrons. The summed E-state index contributed by atoms with van der Waals surface area (Å²) in [5.41, 5.74) is 1.06. The van der Waals surface area contributed by atoms with Crippen molar-refractivity contribution in [1.29, 1.82) is 0 Å². The summed E-state index contributed by atoms with van der Waals surface area (Å²) >= 11 is -2.06. The van der Waals surface area contributed by atoms with Gasteiger partial charge in [-0.15, -0.1) is 0 Å². The van der Waals surface area contributed by atoms with Gasteiger partial charge in [0.25, 0.3) is 21.3 Å². The van der Waals surface area contributed by atoms with E-state index in [1.807, 2.05) is 37.3 Å². The fourth-order valence-electron chi connectivity index (χ4n) is 2.85. The first kappa shape index (κ1) is 18.3. The smallest absolute Gasteiger partial charge is 0.256 e. The van der Waals surface area contributed by atoms with E-state index in [-0.39, 0.29) is 4.90 Å². The molecular formula is C18H21NO4S2. The van der Waals surface area contributed by atoms with Gasteiger partial charge in [0.2, 0.25) is 0 Å². The summed E-state index contributed by atoms with van der Waals surface area (Å²) < 4.78 is 45.2. The Labute approximate surface area is 151 Å². The fraction of sp³-hybridized carbons (Fsp3) is 0.333. The molecule has 3 rings (SSSR count). The van der Waals surface area contributed by atoms with Crippen LogP contribution in [0, 0.1) is 6.92 Å². The van der Waals surface area contributed by atoms with Gasteiger partial charge in [-0.3, -0.25) is 4.18 Å². The van der Waals surface area contributed by atoms with Gasteiger partial charge in [-0.1, -0.05) is 51.7 Å². The van der Waals surface area contributed by atoms with Gasteiger partial charge < -0.3 is 0 Å². The molecule has 5 nitrogen and oxygen atoms in total. The molecule has 0 aliphatic carbocycles. The molecule has 1 saturated heterocycles. The molecule has 2 aromatic carbocycles. The van der Waals surface area contributed by atoms with Crippen LogP contribution in [0.2, 0.25) is 0 Å². The van der Waals surface area contributed by atoms with E-state index in [4.69, 9.17) is 4.18 Å². The summed E-state index contributed by atoms with van der Waals surface area (Å²) in [5.74, 6) is 0. The van der Waals surface area contributed by atoms with Crippen LogP contribution >= 0.6 is 0 Å². The highest BCUT2D eigenvalue weighted by Gasteiger charge is 2.53. The Kier molecular flexibility index (Phi) is 4.85. The lowest BCUT2D eigenvalue weighted by molar-refractivity contribution is 0.114. The highest BCUT2D eigenvalue weighted by molar-refractivity contribution is 7.99. The van der Waals surface area contributed by atoms with Crippen molar-refractivity contribution in [3.8, 4) is 0 Å². The second-order valence-electron chi connectivity index (χ2n) is 6.68. The van der Waals surface area contributed by atoms with Crippen LogP contribution in [0.4, 0.5) is 0 Å². The number of sulfonamides is 1. The van der Waals surface area contributed by atoms with Crippen LogP contribution < -0.4 is 0 Å². The molecule has 0 unspecified atom stereocenters. The Morgan fingerprint density at radius 2 is 1.68 bits per heavy atom. The van der Waals surface area contributed by atoms with Gasteiger partial charge in [-0.25, -0.2) is 12.6 Å². The molecule has 25 heavy (non-hydrogen) atoms. The van der Waals surface area contributed by atoms with E-state index in [2.05, 4.69) is 0 Å². The molecule has 1 aliphatic heterocycles. The topological polar surface area (TPSA) is 63.7 Å². The SMILES string of the molecule is Cc1ccc(S(=O)(=O)N2[C@@H](Cc3ccccc3)C(C)(C)O[S@]2=O)cc1. The molecule has 1 heterocycles. The molecule has 0 bridgehead atoms. The lowest BCUT2D eigenvalue weighted by Crippen LogP contribution is -2.45. The lowest BCUT2D eigenvalue weighted by atomic mass is 9.93. The summed E-state index contributed by atoms with van der Waals surface area (Å²) in [6.45, 7) is 5.42. The first-order chi connectivity index (χ1) is 11.7. The third kappa shape index (κ3) is 3.55. The largest absolute Gasteiger partial charge is 0.269 e. The summed E-state index contributed by atoms with van der Waals surface area (Å²) in [5, 5.41) is 0. The Balaban J connectivity index is 2.02. The van der Waals surface area contributed by atoms with Gasteiger partial charge in [0.05, 0.1) is 16.5 Å². The molecule has 0 N–H and O–H groups in total. The Morgan fingerprint density at radius 1 is 1.08 bits per heavy atom. The third-order valence-electron chi connectivity index (χ3n) is 4.32. The summed E-state index contributed by atoms with van der Waals surface area (Å²) in [4.78, 5) is 0.116. The number of hydrogen-bond acceptors (Lipinski definition) is 4. The number of benzene rings is 2. The van der Waals surface area contributed by atoms with E-state index in [9.17, 15) is 12.6 Å². The lowest BCUT2D eigenvalue weighted by Gasteiger charge is -2.27. The first-order valence-electron chi connectivity index (χ1n) is 7.98. The molecule has 0 spiro atoms. The van der Waals surface area contributed by atoms with E-state index < -0.39 is 32.9 Å². The first-order valence-corrected chi connectivity index (χ1v) is 10.5. The zero-order chi connectivity index (χ0) is 18.2. The van der Waals surface area contributed by atoms with Crippen LogP contribution in [0.3, 0.4) is 0 Å². The van der Waals surface area contributed by atoms with E-state index in [1.54, 1.807) is 26.0 Å². The van der Waals surface area contributed by atoms with Gasteiger partial charge in [0.1, 0.15) is 0 Å². The van der Waals surface area contributed by atoms with Crippen molar-refractivity contribution in [2.24, 2.45) is 0 Å². The average molecular weight is 380 g/mol. The minimum atomic E-state index is -3.94. The van der Waals surface area contributed by atoms with Gasteiger partial charge in [-0.05, 0) is 44.9 Å². The number of rotatable bonds is 4. The minimum Gasteiger partial charge on any atom is -0.269 e. The molecule has 2 atom stereocenters. The highest BCUT2D eigenvalue weighted by atomic mass is 32.3. The Bertz CT molecular complexity index is 877. The number of hydrogen-bond donors (Lipinski definition) is 0. The van der Waals surface area contributed by atoms with E-state index in [0.29, 0.717) is 6.42 Å². The zero-order valence-corrected chi connectivity index (χ0v) is 16.0. The highest BCUT2D eigenvalue weighted by Crippen LogP contribution is 2.37. The standard InChI is InChI=1S/C18H21NO4S2/c1-14-9-11-16(12-10-14)25(21,22)19-17(18(2,3)23-24(19)20)13-15-7-5-4-6-8-15/h4-12,17H,13H2,1-3H3/t17-,24+/m0/s1. The summed E-state index contributed by atoms with van der Waals surface area (Å²) in [7, 11) is -3.94. The van der Waals surface area contributed by atoms with Crippen LogP contribution in [-0.2, 0) is 31.9 Å². The average Bonchev–Trinajstić information content (AvgIpc) is 2.78. The van der Waals surface area contributed by atoms with Crippen molar-refractivity contribution >= 4 is 21.3 Å². The molecule has 0 saturated carbocycles. The molecule has 0 amide bonds. The van der Waals surface area contributed by atoms with Crippen molar-refractivity contribution in [2.75, 3.05) is 0 Å². The second-order valence-corrected chi connectivity index (χ2v) is 9.72. The van der Waals surface area contributed by atoms with E-state index in [1.165, 1.54) is 12.1 Å². The quantitative estimate of drug-likeness (QED) is 0.819. The van der Waals surface area contributed by atoms with Crippen LogP contribution in [0.5, 0.6) is 0 Å².